The summed E-state index contributed by atoms with van der Waals surface area (Å²) in [6.45, 7) is 6.70. The zero-order valence-corrected chi connectivity index (χ0v) is 18.6. The van der Waals surface area contributed by atoms with E-state index < -0.39 is 0 Å². The van der Waals surface area contributed by atoms with Gasteiger partial charge in [0.2, 0.25) is 0 Å². The number of carbonyl (C=O) groups excluding carboxylic acids is 2. The van der Waals surface area contributed by atoms with Crippen LogP contribution in [-0.4, -0.2) is 45.3 Å². The standard InChI is InChI=1S/C24H32N4O3/c1-17-7-9-21(18(2)15-17)27-24(30)26-19-8-10-22(28-12-5-4-6-13-28)20(16-19)23(29)25-11-14-31-3/h7-10,15-16H,4-6,11-14H2,1-3H3,(H,25,29)(H2,26,27,30). The number of methoxy groups -OCH3 is 1. The maximum atomic E-state index is 12.9. The second-order valence-corrected chi connectivity index (χ2v) is 7.93. The summed E-state index contributed by atoms with van der Waals surface area (Å²) >= 11 is 0. The molecule has 1 aliphatic rings. The first-order valence-electron chi connectivity index (χ1n) is 10.8. The fourth-order valence-corrected chi connectivity index (χ4v) is 3.81. The van der Waals surface area contributed by atoms with Gasteiger partial charge in [-0.05, 0) is 62.9 Å². The van der Waals surface area contributed by atoms with E-state index in [1.165, 1.54) is 6.42 Å². The predicted octanol–water partition coefficient (Wildman–Crippen LogP) is 4.31. The summed E-state index contributed by atoms with van der Waals surface area (Å²) in [5, 5.41) is 8.62. The zero-order chi connectivity index (χ0) is 22.2. The van der Waals surface area contributed by atoms with Crippen molar-refractivity contribution < 1.29 is 14.3 Å². The average molecular weight is 425 g/mol. The molecule has 3 amide bonds. The highest BCUT2D eigenvalue weighted by atomic mass is 16.5. The van der Waals surface area contributed by atoms with Crippen molar-refractivity contribution in [1.29, 1.82) is 0 Å². The number of piperidine rings is 1. The topological polar surface area (TPSA) is 82.7 Å². The molecule has 1 heterocycles. The van der Waals surface area contributed by atoms with Crippen LogP contribution in [-0.2, 0) is 4.74 Å². The highest BCUT2D eigenvalue weighted by Crippen LogP contribution is 2.27. The second kappa shape index (κ2) is 10.8. The second-order valence-electron chi connectivity index (χ2n) is 7.93. The van der Waals surface area contributed by atoms with Crippen LogP contribution in [0.5, 0.6) is 0 Å². The van der Waals surface area contributed by atoms with Crippen LogP contribution in [0.3, 0.4) is 0 Å². The Morgan fingerprint density at radius 2 is 1.77 bits per heavy atom. The number of nitrogens with one attached hydrogen (secondary N) is 3. The third-order valence-electron chi connectivity index (χ3n) is 5.42. The average Bonchev–Trinajstić information content (AvgIpc) is 2.76. The minimum Gasteiger partial charge on any atom is -0.383 e. The van der Waals surface area contributed by atoms with Crippen LogP contribution < -0.4 is 20.9 Å². The van der Waals surface area contributed by atoms with Crippen molar-refractivity contribution in [1.82, 2.24) is 5.32 Å². The van der Waals surface area contributed by atoms with Crippen molar-refractivity contribution in [2.24, 2.45) is 0 Å². The molecule has 1 saturated heterocycles. The number of hydrogen-bond acceptors (Lipinski definition) is 4. The lowest BCUT2D eigenvalue weighted by atomic mass is 10.1. The Labute approximate surface area is 184 Å². The van der Waals surface area contributed by atoms with Gasteiger partial charge in [-0.2, -0.15) is 0 Å². The van der Waals surface area contributed by atoms with Gasteiger partial charge in [0, 0.05) is 43.8 Å². The molecule has 2 aromatic carbocycles. The zero-order valence-electron chi connectivity index (χ0n) is 18.6. The highest BCUT2D eigenvalue weighted by Gasteiger charge is 2.19. The van der Waals surface area contributed by atoms with E-state index >= 15 is 0 Å². The first-order chi connectivity index (χ1) is 15.0. The molecule has 1 fully saturated rings. The molecule has 0 radical (unpaired) electrons. The van der Waals surface area contributed by atoms with Gasteiger partial charge >= 0.3 is 6.03 Å². The van der Waals surface area contributed by atoms with Crippen LogP contribution in [0.1, 0.15) is 40.7 Å². The van der Waals surface area contributed by atoms with Crippen LogP contribution in [0.4, 0.5) is 21.9 Å². The molecular formula is C24H32N4O3. The van der Waals surface area contributed by atoms with Crippen molar-refractivity contribution in [3.63, 3.8) is 0 Å². The van der Waals surface area contributed by atoms with Crippen LogP contribution in [0.15, 0.2) is 36.4 Å². The van der Waals surface area contributed by atoms with E-state index in [2.05, 4.69) is 20.9 Å². The van der Waals surface area contributed by atoms with Gasteiger partial charge in [0.1, 0.15) is 0 Å². The van der Waals surface area contributed by atoms with E-state index in [0.717, 1.165) is 48.4 Å². The number of hydrogen-bond donors (Lipinski definition) is 3. The summed E-state index contributed by atoms with van der Waals surface area (Å²) in [5.41, 5.74) is 4.91. The van der Waals surface area contributed by atoms with Gasteiger partial charge in [0.15, 0.2) is 0 Å². The lowest BCUT2D eigenvalue weighted by Gasteiger charge is -2.30. The Morgan fingerprint density at radius 1 is 1.00 bits per heavy atom. The molecule has 1 aliphatic heterocycles. The molecule has 0 aromatic heterocycles. The number of amides is 3. The van der Waals surface area contributed by atoms with E-state index in [1.807, 2.05) is 44.2 Å². The molecule has 2 aromatic rings. The molecule has 3 N–H and O–H groups in total. The number of ether oxygens (including phenoxy) is 1. The first-order valence-corrected chi connectivity index (χ1v) is 10.8. The third kappa shape index (κ3) is 6.21. The van der Waals surface area contributed by atoms with E-state index in [4.69, 9.17) is 4.74 Å². The maximum Gasteiger partial charge on any atom is 0.323 e. The number of nitrogens with zero attached hydrogens (tertiary/aromatic N) is 1. The van der Waals surface area contributed by atoms with Gasteiger partial charge < -0.3 is 25.6 Å². The van der Waals surface area contributed by atoms with Crippen LogP contribution in [0.2, 0.25) is 0 Å². The van der Waals surface area contributed by atoms with Gasteiger partial charge in [0.05, 0.1) is 12.2 Å². The van der Waals surface area contributed by atoms with Gasteiger partial charge in [-0.3, -0.25) is 4.79 Å². The molecule has 0 unspecified atom stereocenters. The third-order valence-corrected chi connectivity index (χ3v) is 5.42. The van der Waals surface area contributed by atoms with Crippen molar-refractivity contribution in [2.45, 2.75) is 33.1 Å². The number of anilines is 3. The van der Waals surface area contributed by atoms with E-state index in [0.29, 0.717) is 24.4 Å². The minimum atomic E-state index is -0.344. The predicted molar refractivity (Wildman–Crippen MR) is 125 cm³/mol. The largest absolute Gasteiger partial charge is 0.383 e. The summed E-state index contributed by atoms with van der Waals surface area (Å²) in [6, 6.07) is 11.0. The Bertz CT molecular complexity index is 923. The number of aryl methyl sites for hydroxylation is 2. The molecule has 7 heteroatoms. The lowest BCUT2D eigenvalue weighted by molar-refractivity contribution is 0.0937. The van der Waals surface area contributed by atoms with Gasteiger partial charge in [0.25, 0.3) is 5.91 Å². The summed E-state index contributed by atoms with van der Waals surface area (Å²) < 4.78 is 5.03. The fourth-order valence-electron chi connectivity index (χ4n) is 3.81. The monoisotopic (exact) mass is 424 g/mol. The number of rotatable bonds is 7. The molecule has 166 valence electrons. The van der Waals surface area contributed by atoms with Gasteiger partial charge in [-0.25, -0.2) is 4.79 Å². The molecule has 0 atom stereocenters. The number of benzene rings is 2. The Morgan fingerprint density at radius 3 is 2.48 bits per heavy atom. The van der Waals surface area contributed by atoms with Gasteiger partial charge in [-0.15, -0.1) is 0 Å². The van der Waals surface area contributed by atoms with Crippen molar-refractivity contribution >= 4 is 29.0 Å². The maximum absolute atomic E-state index is 12.9. The van der Waals surface area contributed by atoms with Crippen molar-refractivity contribution in [3.05, 3.63) is 53.1 Å². The van der Waals surface area contributed by atoms with Crippen LogP contribution in [0, 0.1) is 13.8 Å². The van der Waals surface area contributed by atoms with E-state index in [-0.39, 0.29) is 11.9 Å². The van der Waals surface area contributed by atoms with E-state index in [9.17, 15) is 9.59 Å². The molecule has 0 spiro atoms. The molecule has 31 heavy (non-hydrogen) atoms. The molecule has 0 bridgehead atoms. The number of carbonyl (C=O) groups is 2. The summed E-state index contributed by atoms with van der Waals surface area (Å²) in [4.78, 5) is 27.7. The lowest BCUT2D eigenvalue weighted by Crippen LogP contribution is -2.33. The number of urea groups is 1. The smallest absolute Gasteiger partial charge is 0.323 e. The van der Waals surface area contributed by atoms with Crippen molar-refractivity contribution in [3.8, 4) is 0 Å². The molecule has 0 aliphatic carbocycles. The van der Waals surface area contributed by atoms with Crippen LogP contribution >= 0.6 is 0 Å². The molecular weight excluding hydrogens is 392 g/mol. The normalized spacial score (nSPS) is 13.6. The Balaban J connectivity index is 1.77. The quantitative estimate of drug-likeness (QED) is 0.578. The van der Waals surface area contributed by atoms with Crippen molar-refractivity contribution in [2.75, 3.05) is 48.9 Å². The molecule has 0 saturated carbocycles. The Kier molecular flexibility index (Phi) is 7.89. The van der Waals surface area contributed by atoms with Crippen LogP contribution in [0.25, 0.3) is 0 Å². The molecule has 3 rings (SSSR count). The summed E-state index contributed by atoms with van der Waals surface area (Å²) in [5.74, 6) is -0.170. The molecule has 7 nitrogen and oxygen atoms in total. The Hall–Kier alpha value is -3.06. The summed E-state index contributed by atoms with van der Waals surface area (Å²) in [7, 11) is 1.60. The highest BCUT2D eigenvalue weighted by molar-refractivity contribution is 6.04. The fraction of sp³-hybridized carbons (Fsp3) is 0.417. The van der Waals surface area contributed by atoms with Gasteiger partial charge in [-0.1, -0.05) is 17.7 Å². The minimum absolute atomic E-state index is 0.170. The van der Waals surface area contributed by atoms with E-state index in [1.54, 1.807) is 13.2 Å². The first kappa shape index (κ1) is 22.6. The SMILES string of the molecule is COCCNC(=O)c1cc(NC(=O)Nc2ccc(C)cc2C)ccc1N1CCCCC1. The summed E-state index contributed by atoms with van der Waals surface area (Å²) in [6.07, 6.45) is 3.44.